The second kappa shape index (κ2) is 6.70. The van der Waals surface area contributed by atoms with Gasteiger partial charge in [0, 0.05) is 13.1 Å². The first-order valence-corrected chi connectivity index (χ1v) is 8.16. The van der Waals surface area contributed by atoms with Gasteiger partial charge in [0.2, 0.25) is 11.8 Å². The van der Waals surface area contributed by atoms with Crippen LogP contribution in [0.2, 0.25) is 0 Å². The molecule has 1 saturated heterocycles. The number of nitrogens with one attached hydrogen (secondary N) is 1. The highest BCUT2D eigenvalue weighted by Crippen LogP contribution is 2.23. The Hall–Kier alpha value is -2.64. The fourth-order valence-electron chi connectivity index (χ4n) is 2.78. The smallest absolute Gasteiger partial charge is 0.325 e. The molecule has 0 spiro atoms. The summed E-state index contributed by atoms with van der Waals surface area (Å²) < 4.78 is 19.4. The average molecular weight is 348 g/mol. The molecule has 2 heterocycles. The number of nitrogens with zero attached hydrogens (tertiary/aromatic N) is 3. The Kier molecular flexibility index (Phi) is 4.61. The lowest BCUT2D eigenvalue weighted by Crippen LogP contribution is -2.42. The third kappa shape index (κ3) is 3.89. The zero-order valence-electron chi connectivity index (χ0n) is 14.3. The Morgan fingerprint density at radius 1 is 1.36 bits per heavy atom. The molecule has 0 unspecified atom stereocenters. The lowest BCUT2D eigenvalue weighted by Gasteiger charge is -2.19. The molecule has 0 aromatic heterocycles. The molecular formula is C17H21FN4O3. The Morgan fingerprint density at radius 3 is 2.80 bits per heavy atom. The molecule has 1 N–H and O–H groups in total. The van der Waals surface area contributed by atoms with E-state index in [9.17, 15) is 14.0 Å². The van der Waals surface area contributed by atoms with Gasteiger partial charge in [0.05, 0.1) is 18.8 Å². The molecule has 7 nitrogen and oxygen atoms in total. The van der Waals surface area contributed by atoms with Gasteiger partial charge >= 0.3 is 6.03 Å². The van der Waals surface area contributed by atoms with E-state index < -0.39 is 5.82 Å². The van der Waals surface area contributed by atoms with Crippen LogP contribution in [-0.4, -0.2) is 61.1 Å². The van der Waals surface area contributed by atoms with Crippen LogP contribution < -0.4 is 10.2 Å². The lowest BCUT2D eigenvalue weighted by molar-refractivity contribution is -0.121. The highest BCUT2D eigenvalue weighted by molar-refractivity contribution is 5.97. The van der Waals surface area contributed by atoms with Crippen molar-refractivity contribution in [3.8, 4) is 0 Å². The van der Waals surface area contributed by atoms with Crippen molar-refractivity contribution in [2.24, 2.45) is 4.99 Å². The number of carbonyl (C=O) groups is 2. The van der Waals surface area contributed by atoms with Crippen molar-refractivity contribution >= 4 is 23.5 Å². The molecule has 8 heteroatoms. The van der Waals surface area contributed by atoms with E-state index in [1.807, 2.05) is 13.8 Å². The molecule has 0 atom stereocenters. The number of hydrogen-bond donors (Lipinski definition) is 1. The van der Waals surface area contributed by atoms with Crippen molar-refractivity contribution in [1.82, 2.24) is 10.2 Å². The van der Waals surface area contributed by atoms with Crippen LogP contribution in [-0.2, 0) is 9.53 Å². The number of hydrogen-bond acceptors (Lipinski definition) is 4. The van der Waals surface area contributed by atoms with Gasteiger partial charge in [0.25, 0.3) is 0 Å². The fourth-order valence-corrected chi connectivity index (χ4v) is 2.78. The largest absolute Gasteiger partial charge is 0.472 e. The summed E-state index contributed by atoms with van der Waals surface area (Å²) >= 11 is 0. The Bertz CT molecular complexity index is 720. The van der Waals surface area contributed by atoms with Crippen molar-refractivity contribution in [1.29, 1.82) is 0 Å². The molecule has 25 heavy (non-hydrogen) atoms. The second-order valence-corrected chi connectivity index (χ2v) is 6.66. The van der Waals surface area contributed by atoms with Crippen LogP contribution in [0.15, 0.2) is 29.3 Å². The predicted molar refractivity (Wildman–Crippen MR) is 91.2 cm³/mol. The van der Waals surface area contributed by atoms with Crippen molar-refractivity contribution in [3.63, 3.8) is 0 Å². The molecular weight excluding hydrogens is 327 g/mol. The first kappa shape index (κ1) is 17.2. The number of halogens is 1. The minimum Gasteiger partial charge on any atom is -0.472 e. The highest BCUT2D eigenvalue weighted by atomic mass is 19.1. The maximum Gasteiger partial charge on any atom is 0.325 e. The van der Waals surface area contributed by atoms with Crippen molar-refractivity contribution in [2.45, 2.75) is 19.4 Å². The van der Waals surface area contributed by atoms with Gasteiger partial charge in [-0.2, -0.15) is 0 Å². The van der Waals surface area contributed by atoms with Crippen molar-refractivity contribution in [2.75, 3.05) is 37.6 Å². The van der Waals surface area contributed by atoms with Gasteiger partial charge < -0.3 is 15.0 Å². The molecule has 0 saturated carbocycles. The van der Waals surface area contributed by atoms with Gasteiger partial charge in [-0.3, -0.25) is 9.69 Å². The summed E-state index contributed by atoms with van der Waals surface area (Å²) in [4.78, 5) is 31.4. The van der Waals surface area contributed by atoms with Crippen LogP contribution in [0.25, 0.3) is 0 Å². The standard InChI is InChI=1S/C17H21FN4O3/c1-17(2)11-20-15(25-17)9-19-14(23)10-21-7-8-22(16(21)24)13-6-4-3-5-12(13)18/h3-6H,7-11H2,1-2H3,(H,19,23). The van der Waals surface area contributed by atoms with E-state index in [2.05, 4.69) is 10.3 Å². The minimum absolute atomic E-state index is 0.0829. The molecule has 0 bridgehead atoms. The Balaban J connectivity index is 1.51. The quantitative estimate of drug-likeness (QED) is 0.874. The number of benzene rings is 1. The monoisotopic (exact) mass is 348 g/mol. The maximum atomic E-state index is 13.8. The molecule has 134 valence electrons. The predicted octanol–water partition coefficient (Wildman–Crippen LogP) is 1.39. The van der Waals surface area contributed by atoms with Crippen LogP contribution >= 0.6 is 0 Å². The molecule has 1 fully saturated rings. The number of ether oxygens (including phenoxy) is 1. The topological polar surface area (TPSA) is 74.2 Å². The zero-order chi connectivity index (χ0) is 18.0. The molecule has 3 rings (SSSR count). The number of carbonyl (C=O) groups excluding carboxylic acids is 2. The van der Waals surface area contributed by atoms with Gasteiger partial charge in [-0.05, 0) is 26.0 Å². The van der Waals surface area contributed by atoms with Gasteiger partial charge in [-0.25, -0.2) is 14.2 Å². The van der Waals surface area contributed by atoms with Gasteiger partial charge in [0.15, 0.2) is 0 Å². The van der Waals surface area contributed by atoms with E-state index in [-0.39, 0.29) is 36.3 Å². The zero-order valence-corrected chi connectivity index (χ0v) is 14.3. The Labute approximate surface area is 145 Å². The van der Waals surface area contributed by atoms with E-state index in [1.165, 1.54) is 15.9 Å². The summed E-state index contributed by atoms with van der Waals surface area (Å²) in [5.74, 6) is -0.278. The summed E-state index contributed by atoms with van der Waals surface area (Å²) in [6, 6.07) is 5.72. The van der Waals surface area contributed by atoms with E-state index in [0.717, 1.165) is 0 Å². The number of rotatable bonds is 5. The number of amides is 3. The number of anilines is 1. The van der Waals surface area contributed by atoms with Crippen molar-refractivity contribution < 1.29 is 18.7 Å². The number of aliphatic imine (C=N–C) groups is 1. The molecule has 2 aliphatic rings. The van der Waals surface area contributed by atoms with E-state index in [0.29, 0.717) is 25.5 Å². The third-order valence-electron chi connectivity index (χ3n) is 4.04. The first-order valence-electron chi connectivity index (χ1n) is 8.16. The fraction of sp³-hybridized carbons (Fsp3) is 0.471. The molecule has 1 aromatic carbocycles. The summed E-state index contributed by atoms with van der Waals surface area (Å²) in [5, 5.41) is 2.69. The van der Waals surface area contributed by atoms with Gasteiger partial charge in [-0.1, -0.05) is 12.1 Å². The van der Waals surface area contributed by atoms with Crippen LogP contribution in [0.3, 0.4) is 0 Å². The summed E-state index contributed by atoms with van der Waals surface area (Å²) in [6.45, 7) is 5.22. The van der Waals surface area contributed by atoms with Crippen molar-refractivity contribution in [3.05, 3.63) is 30.1 Å². The number of para-hydroxylation sites is 1. The summed E-state index contributed by atoms with van der Waals surface area (Å²) in [5.41, 5.74) is -0.114. The van der Waals surface area contributed by atoms with E-state index in [4.69, 9.17) is 4.74 Å². The molecule has 2 aliphatic heterocycles. The van der Waals surface area contributed by atoms with Crippen LogP contribution in [0.4, 0.5) is 14.9 Å². The first-order chi connectivity index (χ1) is 11.9. The van der Waals surface area contributed by atoms with Crippen LogP contribution in [0, 0.1) is 5.82 Å². The highest BCUT2D eigenvalue weighted by Gasteiger charge is 2.32. The summed E-state index contributed by atoms with van der Waals surface area (Å²) in [7, 11) is 0. The average Bonchev–Trinajstić information content (AvgIpc) is 3.09. The maximum absolute atomic E-state index is 13.8. The third-order valence-corrected chi connectivity index (χ3v) is 4.04. The van der Waals surface area contributed by atoms with E-state index >= 15 is 0 Å². The summed E-state index contributed by atoms with van der Waals surface area (Å²) in [6.07, 6.45) is 0. The number of urea groups is 1. The molecule has 1 aromatic rings. The van der Waals surface area contributed by atoms with Crippen LogP contribution in [0.5, 0.6) is 0 Å². The second-order valence-electron chi connectivity index (χ2n) is 6.66. The minimum atomic E-state index is -0.457. The molecule has 0 radical (unpaired) electrons. The van der Waals surface area contributed by atoms with Gasteiger partial charge in [0.1, 0.15) is 18.0 Å². The van der Waals surface area contributed by atoms with Crippen LogP contribution in [0.1, 0.15) is 13.8 Å². The van der Waals surface area contributed by atoms with Gasteiger partial charge in [-0.15, -0.1) is 0 Å². The SMILES string of the molecule is CC1(C)CN=C(CNC(=O)CN2CCN(c3ccccc3F)C2=O)O1. The normalized spacial score (nSPS) is 19.0. The Morgan fingerprint density at radius 2 is 2.12 bits per heavy atom. The molecule has 3 amide bonds. The van der Waals surface area contributed by atoms with E-state index in [1.54, 1.807) is 18.2 Å². The molecule has 0 aliphatic carbocycles. The lowest BCUT2D eigenvalue weighted by atomic mass is 10.1.